The largest absolute Gasteiger partial charge is 0.465 e. The molecule has 0 bridgehead atoms. The Hall–Kier alpha value is -1.88. The first-order valence-corrected chi connectivity index (χ1v) is 7.02. The normalized spacial score (nSPS) is 14.1. The van der Waals surface area contributed by atoms with E-state index in [2.05, 4.69) is 10.9 Å². The summed E-state index contributed by atoms with van der Waals surface area (Å²) in [5.41, 5.74) is 4.48. The Balaban J connectivity index is 2.84. The first-order chi connectivity index (χ1) is 9.72. The van der Waals surface area contributed by atoms with E-state index in [4.69, 9.17) is 4.74 Å². The first-order valence-electron chi connectivity index (χ1n) is 7.02. The molecule has 5 heteroatoms. The van der Waals surface area contributed by atoms with E-state index in [0.29, 0.717) is 12.2 Å². The van der Waals surface area contributed by atoms with Gasteiger partial charge in [0.15, 0.2) is 0 Å². The first kappa shape index (κ1) is 17.2. The van der Waals surface area contributed by atoms with Crippen molar-refractivity contribution in [2.75, 3.05) is 6.61 Å². The van der Waals surface area contributed by atoms with E-state index in [1.54, 1.807) is 38.1 Å². The van der Waals surface area contributed by atoms with Crippen molar-refractivity contribution in [1.29, 1.82) is 0 Å². The zero-order valence-corrected chi connectivity index (χ0v) is 13.3. The molecule has 0 aliphatic carbocycles. The van der Waals surface area contributed by atoms with Crippen LogP contribution in [0.15, 0.2) is 30.3 Å². The van der Waals surface area contributed by atoms with Gasteiger partial charge in [0.2, 0.25) is 0 Å². The molecule has 1 rings (SSSR count). The summed E-state index contributed by atoms with van der Waals surface area (Å²) in [7, 11) is 0. The summed E-state index contributed by atoms with van der Waals surface area (Å²) >= 11 is 0. The number of amides is 1. The number of hydrazine groups is 1. The van der Waals surface area contributed by atoms with Gasteiger partial charge in [0.25, 0.3) is 5.91 Å². The molecule has 1 amide bonds. The molecule has 116 valence electrons. The molecule has 1 atom stereocenters. The van der Waals surface area contributed by atoms with Crippen LogP contribution in [0.1, 0.15) is 45.0 Å². The fourth-order valence-electron chi connectivity index (χ4n) is 1.66. The van der Waals surface area contributed by atoms with Crippen LogP contribution in [0.3, 0.4) is 0 Å². The summed E-state index contributed by atoms with van der Waals surface area (Å²) in [4.78, 5) is 24.3. The van der Waals surface area contributed by atoms with E-state index in [0.717, 1.165) is 0 Å². The average molecular weight is 292 g/mol. The van der Waals surface area contributed by atoms with Crippen LogP contribution in [0.4, 0.5) is 0 Å². The van der Waals surface area contributed by atoms with Crippen molar-refractivity contribution >= 4 is 11.9 Å². The van der Waals surface area contributed by atoms with Crippen molar-refractivity contribution in [1.82, 2.24) is 10.9 Å². The van der Waals surface area contributed by atoms with E-state index < -0.39 is 16.9 Å². The molecule has 0 fully saturated rings. The van der Waals surface area contributed by atoms with Gasteiger partial charge < -0.3 is 4.74 Å². The third kappa shape index (κ3) is 4.04. The minimum absolute atomic E-state index is 0.290. The summed E-state index contributed by atoms with van der Waals surface area (Å²) in [6, 6.07) is 8.81. The number of esters is 1. The maximum absolute atomic E-state index is 12.2. The molecule has 0 aromatic heterocycles. The number of carbonyl (C=O) groups is 2. The second-order valence-electron chi connectivity index (χ2n) is 6.04. The van der Waals surface area contributed by atoms with Gasteiger partial charge >= 0.3 is 5.97 Å². The zero-order valence-electron chi connectivity index (χ0n) is 13.3. The highest BCUT2D eigenvalue weighted by atomic mass is 16.5. The third-order valence-electron chi connectivity index (χ3n) is 3.65. The summed E-state index contributed by atoms with van der Waals surface area (Å²) in [5, 5.41) is 0. The van der Waals surface area contributed by atoms with Gasteiger partial charge in [-0.15, -0.1) is 0 Å². The molecular weight excluding hydrogens is 268 g/mol. The number of benzene rings is 1. The number of ether oxygens (including phenoxy) is 1. The molecule has 5 nitrogen and oxygen atoms in total. The van der Waals surface area contributed by atoms with Crippen molar-refractivity contribution in [3.63, 3.8) is 0 Å². The van der Waals surface area contributed by atoms with Gasteiger partial charge in [-0.3, -0.25) is 10.2 Å². The highest BCUT2D eigenvalue weighted by molar-refractivity contribution is 5.94. The van der Waals surface area contributed by atoms with Gasteiger partial charge in [-0.2, -0.15) is 0 Å². The third-order valence-corrected chi connectivity index (χ3v) is 3.65. The average Bonchev–Trinajstić information content (AvgIpc) is 2.44. The molecule has 0 unspecified atom stereocenters. The Labute approximate surface area is 126 Å². The highest BCUT2D eigenvalue weighted by Crippen LogP contribution is 2.30. The summed E-state index contributed by atoms with van der Waals surface area (Å²) in [6.07, 6.45) is 0. The number of hydrogen-bond donors (Lipinski definition) is 2. The van der Waals surface area contributed by atoms with Gasteiger partial charge in [-0.25, -0.2) is 10.2 Å². The Kier molecular flexibility index (Phi) is 5.49. The Morgan fingerprint density at radius 1 is 1.10 bits per heavy atom. The van der Waals surface area contributed by atoms with Gasteiger partial charge in [0.05, 0.1) is 6.61 Å². The second-order valence-corrected chi connectivity index (χ2v) is 6.04. The van der Waals surface area contributed by atoms with E-state index in [9.17, 15) is 9.59 Å². The standard InChI is InChI=1S/C16H24N2O3/c1-6-21-14(20)16(5,15(2,3)4)18-17-13(19)12-10-8-7-9-11-12/h7-11,18H,6H2,1-5H3,(H,17,19)/t16-/m0/s1. The number of hydrogen-bond acceptors (Lipinski definition) is 4. The van der Waals surface area contributed by atoms with Crippen molar-refractivity contribution in [3.8, 4) is 0 Å². The van der Waals surface area contributed by atoms with Gasteiger partial charge in [-0.1, -0.05) is 39.0 Å². The van der Waals surface area contributed by atoms with Crippen LogP contribution in [0.25, 0.3) is 0 Å². The van der Waals surface area contributed by atoms with Crippen LogP contribution < -0.4 is 10.9 Å². The van der Waals surface area contributed by atoms with E-state index in [1.165, 1.54) is 0 Å². The molecule has 2 N–H and O–H groups in total. The number of nitrogens with one attached hydrogen (secondary N) is 2. The van der Waals surface area contributed by atoms with Gasteiger partial charge in [0.1, 0.15) is 5.54 Å². The van der Waals surface area contributed by atoms with Crippen LogP contribution in [0.5, 0.6) is 0 Å². The lowest BCUT2D eigenvalue weighted by molar-refractivity contribution is -0.156. The topological polar surface area (TPSA) is 67.4 Å². The van der Waals surface area contributed by atoms with Crippen molar-refractivity contribution in [2.24, 2.45) is 5.41 Å². The van der Waals surface area contributed by atoms with Crippen molar-refractivity contribution in [3.05, 3.63) is 35.9 Å². The van der Waals surface area contributed by atoms with Crippen LogP contribution in [-0.4, -0.2) is 24.0 Å². The van der Waals surface area contributed by atoms with Crippen LogP contribution in [0.2, 0.25) is 0 Å². The van der Waals surface area contributed by atoms with Gasteiger partial charge in [-0.05, 0) is 31.4 Å². The molecule has 0 saturated carbocycles. The van der Waals surface area contributed by atoms with Crippen molar-refractivity contribution < 1.29 is 14.3 Å². The molecule has 1 aromatic rings. The Bertz CT molecular complexity index is 494. The molecule has 21 heavy (non-hydrogen) atoms. The molecule has 0 radical (unpaired) electrons. The Morgan fingerprint density at radius 3 is 2.14 bits per heavy atom. The SMILES string of the molecule is CCOC(=O)[C@](C)(NNC(=O)c1ccccc1)C(C)(C)C. The second kappa shape index (κ2) is 6.72. The van der Waals surface area contributed by atoms with E-state index >= 15 is 0 Å². The lowest BCUT2D eigenvalue weighted by Gasteiger charge is -2.39. The molecule has 0 aliphatic rings. The van der Waals surface area contributed by atoms with Crippen molar-refractivity contribution in [2.45, 2.75) is 40.2 Å². The molecule has 1 aromatic carbocycles. The molecule has 0 aliphatic heterocycles. The van der Waals surface area contributed by atoms with Crippen LogP contribution in [-0.2, 0) is 9.53 Å². The van der Waals surface area contributed by atoms with Crippen LogP contribution >= 0.6 is 0 Å². The van der Waals surface area contributed by atoms with E-state index in [-0.39, 0.29) is 5.91 Å². The summed E-state index contributed by atoms with van der Waals surface area (Å²) in [6.45, 7) is 9.49. The predicted molar refractivity (Wildman–Crippen MR) is 81.5 cm³/mol. The molecule has 0 spiro atoms. The lowest BCUT2D eigenvalue weighted by atomic mass is 9.75. The van der Waals surface area contributed by atoms with E-state index in [1.807, 2.05) is 26.8 Å². The molecule has 0 saturated heterocycles. The zero-order chi connectivity index (χ0) is 16.1. The minimum Gasteiger partial charge on any atom is -0.465 e. The smallest absolute Gasteiger partial charge is 0.328 e. The number of rotatable bonds is 5. The molecular formula is C16H24N2O3. The fraction of sp³-hybridized carbons (Fsp3) is 0.500. The quantitative estimate of drug-likeness (QED) is 0.645. The number of carbonyl (C=O) groups excluding carboxylic acids is 2. The van der Waals surface area contributed by atoms with Gasteiger partial charge in [0, 0.05) is 5.56 Å². The predicted octanol–water partition coefficient (Wildman–Crippen LogP) is 2.29. The maximum atomic E-state index is 12.2. The summed E-state index contributed by atoms with van der Waals surface area (Å²) < 4.78 is 5.12. The maximum Gasteiger partial charge on any atom is 0.328 e. The molecule has 0 heterocycles. The van der Waals surface area contributed by atoms with Crippen LogP contribution in [0, 0.1) is 5.41 Å². The lowest BCUT2D eigenvalue weighted by Crippen LogP contribution is -2.64. The monoisotopic (exact) mass is 292 g/mol. The highest BCUT2D eigenvalue weighted by Gasteiger charge is 2.46. The summed E-state index contributed by atoms with van der Waals surface area (Å²) in [5.74, 6) is -0.693. The Morgan fingerprint density at radius 2 is 1.67 bits per heavy atom. The minimum atomic E-state index is -1.03. The fourth-order valence-corrected chi connectivity index (χ4v) is 1.66.